The maximum atomic E-state index is 12.1. The topological polar surface area (TPSA) is 55.8 Å². The van der Waals surface area contributed by atoms with Gasteiger partial charge in [0.05, 0.1) is 18.7 Å². The van der Waals surface area contributed by atoms with Crippen LogP contribution in [0.2, 0.25) is 0 Å². The fourth-order valence-corrected chi connectivity index (χ4v) is 2.57. The molecule has 6 heteroatoms. The van der Waals surface area contributed by atoms with E-state index in [-0.39, 0.29) is 24.9 Å². The summed E-state index contributed by atoms with van der Waals surface area (Å²) in [7, 11) is 1.54. The van der Waals surface area contributed by atoms with E-state index in [1.807, 2.05) is 6.07 Å². The van der Waals surface area contributed by atoms with Crippen LogP contribution in [0.3, 0.4) is 0 Å². The van der Waals surface area contributed by atoms with E-state index in [0.29, 0.717) is 18.0 Å². The van der Waals surface area contributed by atoms with Crippen LogP contribution in [0.1, 0.15) is 6.42 Å². The number of nitrogens with zero attached hydrogens (tertiary/aromatic N) is 1. The van der Waals surface area contributed by atoms with Gasteiger partial charge in [0.2, 0.25) is 5.91 Å². The van der Waals surface area contributed by atoms with Gasteiger partial charge in [-0.2, -0.15) is 0 Å². The van der Waals surface area contributed by atoms with Gasteiger partial charge in [0.25, 0.3) is 0 Å². The fourth-order valence-electron chi connectivity index (χ4n) is 2.23. The maximum absolute atomic E-state index is 12.1. The first-order valence-corrected chi connectivity index (χ1v) is 7.27. The normalized spacial score (nSPS) is 17.7. The van der Waals surface area contributed by atoms with Crippen LogP contribution in [-0.2, 0) is 14.3 Å². The van der Waals surface area contributed by atoms with Crippen molar-refractivity contribution in [1.82, 2.24) is 0 Å². The van der Waals surface area contributed by atoms with Gasteiger partial charge in [0.1, 0.15) is 12.4 Å². The van der Waals surface area contributed by atoms with Gasteiger partial charge in [-0.3, -0.25) is 9.59 Å². The van der Waals surface area contributed by atoms with Crippen molar-refractivity contribution in [2.24, 2.45) is 5.92 Å². The summed E-state index contributed by atoms with van der Waals surface area (Å²) in [4.78, 5) is 25.6. The second-order valence-corrected chi connectivity index (χ2v) is 5.56. The first-order chi connectivity index (χ1) is 10.1. The highest BCUT2D eigenvalue weighted by Crippen LogP contribution is 2.35. The first-order valence-electron chi connectivity index (χ1n) is 6.48. The van der Waals surface area contributed by atoms with E-state index in [1.165, 1.54) is 6.08 Å². The van der Waals surface area contributed by atoms with Gasteiger partial charge < -0.3 is 14.4 Å². The average molecular weight is 354 g/mol. The molecule has 1 aromatic carbocycles. The number of hydrogen-bond donors (Lipinski definition) is 0. The molecule has 0 spiro atoms. The number of carbonyl (C=O) groups is 2. The number of ether oxygens (including phenoxy) is 2. The Hall–Kier alpha value is -1.82. The minimum absolute atomic E-state index is 0.115. The van der Waals surface area contributed by atoms with Crippen molar-refractivity contribution in [3.63, 3.8) is 0 Å². The third-order valence-electron chi connectivity index (χ3n) is 3.23. The second kappa shape index (κ2) is 6.76. The molecule has 1 aliphatic heterocycles. The summed E-state index contributed by atoms with van der Waals surface area (Å²) >= 11 is 3.36. The number of esters is 1. The zero-order valence-corrected chi connectivity index (χ0v) is 13.3. The molecule has 112 valence electrons. The van der Waals surface area contributed by atoms with Crippen LogP contribution in [0.15, 0.2) is 35.3 Å². The zero-order valence-electron chi connectivity index (χ0n) is 11.7. The molecular weight excluding hydrogens is 338 g/mol. The van der Waals surface area contributed by atoms with Crippen LogP contribution in [0.5, 0.6) is 5.75 Å². The Labute approximate surface area is 131 Å². The Balaban J connectivity index is 2.17. The van der Waals surface area contributed by atoms with Crippen molar-refractivity contribution < 1.29 is 19.1 Å². The molecule has 1 fully saturated rings. The van der Waals surface area contributed by atoms with Crippen LogP contribution in [-0.4, -0.2) is 32.1 Å². The van der Waals surface area contributed by atoms with Crippen LogP contribution in [0.25, 0.3) is 0 Å². The molecule has 21 heavy (non-hydrogen) atoms. The summed E-state index contributed by atoms with van der Waals surface area (Å²) in [6.07, 6.45) is 1.65. The minimum Gasteiger partial charge on any atom is -0.495 e. The molecule has 1 amide bonds. The summed E-state index contributed by atoms with van der Waals surface area (Å²) in [5.41, 5.74) is 0.657. The van der Waals surface area contributed by atoms with E-state index in [9.17, 15) is 9.59 Å². The Morgan fingerprint density at radius 1 is 1.57 bits per heavy atom. The number of amides is 1. The highest BCUT2D eigenvalue weighted by Gasteiger charge is 2.37. The number of rotatable bonds is 5. The van der Waals surface area contributed by atoms with E-state index in [2.05, 4.69) is 22.5 Å². The summed E-state index contributed by atoms with van der Waals surface area (Å²) < 4.78 is 11.2. The van der Waals surface area contributed by atoms with Gasteiger partial charge in [0, 0.05) is 17.4 Å². The van der Waals surface area contributed by atoms with Crippen LogP contribution in [0, 0.1) is 5.92 Å². The summed E-state index contributed by atoms with van der Waals surface area (Å²) in [6.45, 7) is 3.95. The minimum atomic E-state index is -0.453. The van der Waals surface area contributed by atoms with Crippen LogP contribution >= 0.6 is 15.9 Å². The summed E-state index contributed by atoms with van der Waals surface area (Å²) in [5.74, 6) is -0.360. The predicted octanol–water partition coefficient (Wildman–Crippen LogP) is 2.54. The Morgan fingerprint density at radius 2 is 2.33 bits per heavy atom. The molecule has 0 aromatic heterocycles. The highest BCUT2D eigenvalue weighted by atomic mass is 79.9. The average Bonchev–Trinajstić information content (AvgIpc) is 2.86. The lowest BCUT2D eigenvalue weighted by Crippen LogP contribution is -2.26. The van der Waals surface area contributed by atoms with Crippen molar-refractivity contribution in [3.8, 4) is 5.75 Å². The number of anilines is 1. The summed E-state index contributed by atoms with van der Waals surface area (Å²) in [6, 6.07) is 5.40. The Morgan fingerprint density at radius 3 is 3.00 bits per heavy atom. The van der Waals surface area contributed by atoms with E-state index in [0.717, 1.165) is 4.47 Å². The predicted molar refractivity (Wildman–Crippen MR) is 82.3 cm³/mol. The van der Waals surface area contributed by atoms with Crippen LogP contribution in [0.4, 0.5) is 5.69 Å². The number of benzene rings is 1. The molecular formula is C15H16BrNO4. The number of methoxy groups -OCH3 is 1. The molecule has 0 bridgehead atoms. The highest BCUT2D eigenvalue weighted by molar-refractivity contribution is 9.10. The van der Waals surface area contributed by atoms with E-state index >= 15 is 0 Å². The van der Waals surface area contributed by atoms with Gasteiger partial charge in [-0.1, -0.05) is 28.6 Å². The standard InChI is InChI=1S/C15H16BrNO4/c1-3-6-21-15(19)10-7-14(18)17(9-10)12-5-4-11(16)8-13(12)20-2/h3-5,8,10H,1,6-7,9H2,2H3/t10-/m1/s1. The SMILES string of the molecule is C=CCOC(=O)[C@@H]1CC(=O)N(c2ccc(Br)cc2OC)C1. The number of hydrogen-bond acceptors (Lipinski definition) is 4. The van der Waals surface area contributed by atoms with E-state index < -0.39 is 5.92 Å². The molecule has 0 N–H and O–H groups in total. The molecule has 0 radical (unpaired) electrons. The van der Waals surface area contributed by atoms with Crippen molar-refractivity contribution in [2.75, 3.05) is 25.2 Å². The Bertz CT molecular complexity index is 573. The third kappa shape index (κ3) is 3.44. The fraction of sp³-hybridized carbons (Fsp3) is 0.333. The van der Waals surface area contributed by atoms with Gasteiger partial charge in [-0.05, 0) is 18.2 Å². The van der Waals surface area contributed by atoms with Gasteiger partial charge in [0.15, 0.2) is 0 Å². The largest absolute Gasteiger partial charge is 0.495 e. The third-order valence-corrected chi connectivity index (χ3v) is 3.73. The van der Waals surface area contributed by atoms with Crippen molar-refractivity contribution in [3.05, 3.63) is 35.3 Å². The molecule has 1 heterocycles. The lowest BCUT2D eigenvalue weighted by atomic mass is 10.1. The molecule has 2 rings (SSSR count). The lowest BCUT2D eigenvalue weighted by molar-refractivity contribution is -0.147. The molecule has 1 saturated heterocycles. The van der Waals surface area contributed by atoms with Crippen LogP contribution < -0.4 is 9.64 Å². The summed E-state index contributed by atoms with van der Waals surface area (Å²) in [5, 5.41) is 0. The molecule has 1 atom stereocenters. The molecule has 1 aromatic rings. The molecule has 1 aliphatic rings. The van der Waals surface area contributed by atoms with Crippen molar-refractivity contribution in [2.45, 2.75) is 6.42 Å². The second-order valence-electron chi connectivity index (χ2n) is 4.64. The van der Waals surface area contributed by atoms with E-state index in [4.69, 9.17) is 9.47 Å². The molecule has 0 aliphatic carbocycles. The number of halogens is 1. The smallest absolute Gasteiger partial charge is 0.311 e. The van der Waals surface area contributed by atoms with Gasteiger partial charge in [-0.15, -0.1) is 0 Å². The Kier molecular flexibility index (Phi) is 5.01. The zero-order chi connectivity index (χ0) is 15.4. The van der Waals surface area contributed by atoms with Crippen molar-refractivity contribution in [1.29, 1.82) is 0 Å². The first kappa shape index (κ1) is 15.6. The van der Waals surface area contributed by atoms with Crippen molar-refractivity contribution >= 4 is 33.5 Å². The lowest BCUT2D eigenvalue weighted by Gasteiger charge is -2.19. The maximum Gasteiger partial charge on any atom is 0.311 e. The molecule has 5 nitrogen and oxygen atoms in total. The molecule has 0 unspecified atom stereocenters. The molecule has 0 saturated carbocycles. The monoisotopic (exact) mass is 353 g/mol. The quantitative estimate of drug-likeness (QED) is 0.602. The number of carbonyl (C=O) groups excluding carboxylic acids is 2. The van der Waals surface area contributed by atoms with E-state index in [1.54, 1.807) is 24.1 Å². The van der Waals surface area contributed by atoms with Gasteiger partial charge in [-0.25, -0.2) is 0 Å². The van der Waals surface area contributed by atoms with Gasteiger partial charge >= 0.3 is 5.97 Å².